The highest BCUT2D eigenvalue weighted by Gasteiger charge is 2.11. The van der Waals surface area contributed by atoms with Crippen LogP contribution in [0, 0.1) is 5.92 Å². The molecule has 11 heavy (non-hydrogen) atoms. The van der Waals surface area contributed by atoms with Crippen LogP contribution in [0.4, 0.5) is 0 Å². The van der Waals surface area contributed by atoms with Gasteiger partial charge >= 0.3 is 0 Å². The largest absolute Gasteiger partial charge is 0.0741 e. The number of allylic oxidation sites excluding steroid dienone is 2. The summed E-state index contributed by atoms with van der Waals surface area (Å²) in [5.41, 5.74) is 3.27. The molecule has 0 fully saturated rings. The highest BCUT2D eigenvalue weighted by Crippen LogP contribution is 2.28. The molecule has 1 unspecified atom stereocenters. The molecular weight excluding hydrogens is 132 g/mol. The Kier molecular flexibility index (Phi) is 5.27. The van der Waals surface area contributed by atoms with Crippen LogP contribution in [0.3, 0.4) is 0 Å². The second kappa shape index (κ2) is 5.40. The molecule has 1 aliphatic rings. The molecule has 0 aliphatic heterocycles. The van der Waals surface area contributed by atoms with Crippen molar-refractivity contribution >= 4 is 0 Å². The lowest BCUT2D eigenvalue weighted by atomic mass is 9.86. The zero-order valence-electron chi connectivity index (χ0n) is 8.70. The van der Waals surface area contributed by atoms with Gasteiger partial charge in [-0.25, -0.2) is 0 Å². The average Bonchev–Trinajstić information content (AvgIpc) is 2.04. The van der Waals surface area contributed by atoms with E-state index >= 15 is 0 Å². The van der Waals surface area contributed by atoms with E-state index in [4.69, 9.17) is 0 Å². The first-order valence-electron chi connectivity index (χ1n) is 4.88. The second-order valence-corrected chi connectivity index (χ2v) is 3.26. The second-order valence-electron chi connectivity index (χ2n) is 3.26. The molecule has 0 heterocycles. The van der Waals surface area contributed by atoms with Crippen molar-refractivity contribution in [1.29, 1.82) is 0 Å². The fraction of sp³-hybridized carbons (Fsp3) is 0.818. The standard InChI is InChI=1S/C9H16.C2H6/c1-7-5-4-6-8(2)9(7)3;1-2/h7H,4-6H2,1-3H3;1-2H3. The van der Waals surface area contributed by atoms with Gasteiger partial charge in [-0.15, -0.1) is 0 Å². The van der Waals surface area contributed by atoms with Crippen LogP contribution in [0.1, 0.15) is 53.9 Å². The van der Waals surface area contributed by atoms with E-state index in [9.17, 15) is 0 Å². The third-order valence-electron chi connectivity index (χ3n) is 2.60. The van der Waals surface area contributed by atoms with Crippen LogP contribution in [0.5, 0.6) is 0 Å². The summed E-state index contributed by atoms with van der Waals surface area (Å²) in [7, 11) is 0. The van der Waals surface area contributed by atoms with Gasteiger partial charge in [-0.3, -0.25) is 0 Å². The third kappa shape index (κ3) is 3.09. The number of hydrogen-bond donors (Lipinski definition) is 0. The molecule has 0 spiro atoms. The Morgan fingerprint density at radius 1 is 1.18 bits per heavy atom. The Hall–Kier alpha value is -0.260. The third-order valence-corrected chi connectivity index (χ3v) is 2.60. The zero-order chi connectivity index (χ0) is 8.85. The number of rotatable bonds is 0. The van der Waals surface area contributed by atoms with Crippen LogP contribution in [-0.2, 0) is 0 Å². The molecule has 1 rings (SSSR count). The van der Waals surface area contributed by atoms with Gasteiger partial charge in [-0.05, 0) is 39.0 Å². The first-order chi connectivity index (χ1) is 5.22. The van der Waals surface area contributed by atoms with Crippen molar-refractivity contribution in [1.82, 2.24) is 0 Å². The molecule has 0 bridgehead atoms. The molecule has 0 aromatic carbocycles. The summed E-state index contributed by atoms with van der Waals surface area (Å²) < 4.78 is 0. The van der Waals surface area contributed by atoms with Crippen molar-refractivity contribution < 1.29 is 0 Å². The van der Waals surface area contributed by atoms with E-state index in [2.05, 4.69) is 20.8 Å². The smallest absolute Gasteiger partial charge is 0.0232 e. The molecule has 0 aromatic rings. The predicted molar refractivity (Wildman–Crippen MR) is 52.7 cm³/mol. The molecule has 0 aromatic heterocycles. The van der Waals surface area contributed by atoms with Gasteiger partial charge in [-0.1, -0.05) is 31.9 Å². The lowest BCUT2D eigenvalue weighted by Gasteiger charge is -2.20. The summed E-state index contributed by atoms with van der Waals surface area (Å²) in [5.74, 6) is 0.860. The maximum atomic E-state index is 2.33. The van der Waals surface area contributed by atoms with Crippen molar-refractivity contribution in [2.24, 2.45) is 5.92 Å². The van der Waals surface area contributed by atoms with E-state index in [0.717, 1.165) is 5.92 Å². The van der Waals surface area contributed by atoms with Crippen molar-refractivity contribution in [2.75, 3.05) is 0 Å². The zero-order valence-corrected chi connectivity index (χ0v) is 8.70. The van der Waals surface area contributed by atoms with Crippen molar-refractivity contribution in [3.05, 3.63) is 11.1 Å². The van der Waals surface area contributed by atoms with Gasteiger partial charge in [0.1, 0.15) is 0 Å². The molecule has 0 saturated carbocycles. The minimum Gasteiger partial charge on any atom is -0.0741 e. The van der Waals surface area contributed by atoms with Crippen molar-refractivity contribution in [3.63, 3.8) is 0 Å². The lowest BCUT2D eigenvalue weighted by Crippen LogP contribution is -2.04. The van der Waals surface area contributed by atoms with Crippen molar-refractivity contribution in [3.8, 4) is 0 Å². The lowest BCUT2D eigenvalue weighted by molar-refractivity contribution is 0.535. The van der Waals surface area contributed by atoms with E-state index < -0.39 is 0 Å². The van der Waals surface area contributed by atoms with Gasteiger partial charge in [-0.2, -0.15) is 0 Å². The molecule has 66 valence electrons. The Bertz CT molecular complexity index is 131. The Morgan fingerprint density at radius 3 is 2.09 bits per heavy atom. The molecule has 0 nitrogen and oxygen atoms in total. The van der Waals surface area contributed by atoms with Gasteiger partial charge in [0.15, 0.2) is 0 Å². The normalized spacial score (nSPS) is 24.3. The molecule has 0 amide bonds. The molecule has 0 heteroatoms. The minimum absolute atomic E-state index is 0.860. The van der Waals surface area contributed by atoms with Crippen LogP contribution in [-0.4, -0.2) is 0 Å². The summed E-state index contributed by atoms with van der Waals surface area (Å²) in [4.78, 5) is 0. The minimum atomic E-state index is 0.860. The fourth-order valence-electron chi connectivity index (χ4n) is 1.51. The van der Waals surface area contributed by atoms with Crippen LogP contribution in [0.15, 0.2) is 11.1 Å². The summed E-state index contributed by atoms with van der Waals surface area (Å²) in [5, 5.41) is 0. The van der Waals surface area contributed by atoms with Crippen LogP contribution >= 0.6 is 0 Å². The first-order valence-corrected chi connectivity index (χ1v) is 4.88. The molecule has 1 aliphatic carbocycles. The highest BCUT2D eigenvalue weighted by molar-refractivity contribution is 5.14. The monoisotopic (exact) mass is 154 g/mol. The summed E-state index contributed by atoms with van der Waals surface area (Å²) in [6, 6.07) is 0. The Labute approximate surface area is 71.7 Å². The topological polar surface area (TPSA) is 0 Å². The Morgan fingerprint density at radius 2 is 1.73 bits per heavy atom. The van der Waals surface area contributed by atoms with Crippen LogP contribution in [0.2, 0.25) is 0 Å². The predicted octanol–water partition coefficient (Wildman–Crippen LogP) is 4.17. The summed E-state index contributed by atoms with van der Waals surface area (Å²) in [6.07, 6.45) is 4.16. The van der Waals surface area contributed by atoms with Gasteiger partial charge in [0.05, 0.1) is 0 Å². The molecule has 0 N–H and O–H groups in total. The van der Waals surface area contributed by atoms with E-state index in [1.54, 1.807) is 11.1 Å². The van der Waals surface area contributed by atoms with Gasteiger partial charge < -0.3 is 0 Å². The van der Waals surface area contributed by atoms with E-state index in [1.165, 1.54) is 19.3 Å². The van der Waals surface area contributed by atoms with E-state index in [1.807, 2.05) is 13.8 Å². The average molecular weight is 154 g/mol. The molecule has 0 saturated heterocycles. The van der Waals surface area contributed by atoms with Crippen molar-refractivity contribution in [2.45, 2.75) is 53.9 Å². The summed E-state index contributed by atoms with van der Waals surface area (Å²) in [6.45, 7) is 10.9. The Balaban J connectivity index is 0.000000461. The maximum Gasteiger partial charge on any atom is -0.0232 e. The summed E-state index contributed by atoms with van der Waals surface area (Å²) >= 11 is 0. The quantitative estimate of drug-likeness (QED) is 0.459. The SMILES string of the molecule is CC.CC1=C(C)C(C)CCC1. The number of hydrogen-bond acceptors (Lipinski definition) is 0. The fourth-order valence-corrected chi connectivity index (χ4v) is 1.51. The van der Waals surface area contributed by atoms with Crippen LogP contribution < -0.4 is 0 Å². The molecule has 0 radical (unpaired) electrons. The van der Waals surface area contributed by atoms with Gasteiger partial charge in [0.25, 0.3) is 0 Å². The highest BCUT2D eigenvalue weighted by atomic mass is 14.2. The van der Waals surface area contributed by atoms with Gasteiger partial charge in [0.2, 0.25) is 0 Å². The maximum absolute atomic E-state index is 2.33. The van der Waals surface area contributed by atoms with Crippen LogP contribution in [0.25, 0.3) is 0 Å². The molecule has 1 atom stereocenters. The van der Waals surface area contributed by atoms with E-state index in [-0.39, 0.29) is 0 Å². The van der Waals surface area contributed by atoms with Gasteiger partial charge in [0, 0.05) is 0 Å². The van der Waals surface area contributed by atoms with E-state index in [0.29, 0.717) is 0 Å². The first kappa shape index (κ1) is 10.7. The molecular formula is C11H22.